The molecule has 0 aliphatic carbocycles. The van der Waals surface area contributed by atoms with Crippen LogP contribution in [0.2, 0.25) is 0 Å². The number of Topliss-reactive ketones (excluding diaryl/α,β-unsaturated/α-hetero) is 1. The van der Waals surface area contributed by atoms with Gasteiger partial charge in [-0.05, 0) is 37.6 Å². The molecule has 0 aliphatic rings. The molecule has 0 atom stereocenters. The summed E-state index contributed by atoms with van der Waals surface area (Å²) in [4.78, 5) is 21.2. The zero-order chi connectivity index (χ0) is 16.2. The number of ketones is 1. The Bertz CT molecular complexity index is 838. The smallest absolute Gasteiger partial charge is 0.167 e. The third-order valence-electron chi connectivity index (χ3n) is 3.46. The molecule has 3 rings (SSSR count). The van der Waals surface area contributed by atoms with Crippen molar-refractivity contribution in [3.05, 3.63) is 66.0 Å². The number of rotatable bonds is 5. The Kier molecular flexibility index (Phi) is 4.33. The predicted molar refractivity (Wildman–Crippen MR) is 89.8 cm³/mol. The molecular formula is C19H18N2O2. The maximum absolute atomic E-state index is 12.6. The van der Waals surface area contributed by atoms with Crippen LogP contribution in [0.5, 0.6) is 5.75 Å². The molecule has 0 spiro atoms. The molecule has 0 radical (unpaired) electrons. The molecule has 1 heterocycles. The molecule has 4 nitrogen and oxygen atoms in total. The third-order valence-corrected chi connectivity index (χ3v) is 3.46. The van der Waals surface area contributed by atoms with Crippen LogP contribution in [0, 0.1) is 0 Å². The molecule has 0 amide bonds. The molecule has 0 N–H and O–H groups in total. The lowest BCUT2D eigenvalue weighted by Crippen LogP contribution is -2.08. The fourth-order valence-electron chi connectivity index (χ4n) is 2.49. The molecule has 23 heavy (non-hydrogen) atoms. The molecule has 116 valence electrons. The van der Waals surface area contributed by atoms with E-state index in [1.165, 1.54) is 0 Å². The Morgan fingerprint density at radius 3 is 2.70 bits per heavy atom. The summed E-state index contributed by atoms with van der Waals surface area (Å²) in [6.45, 7) is 3.92. The first-order chi connectivity index (χ1) is 11.1. The van der Waals surface area contributed by atoms with E-state index >= 15 is 0 Å². The average molecular weight is 306 g/mol. The third kappa shape index (κ3) is 3.54. The highest BCUT2D eigenvalue weighted by Gasteiger charge is 2.11. The van der Waals surface area contributed by atoms with Gasteiger partial charge in [0, 0.05) is 24.4 Å². The van der Waals surface area contributed by atoms with E-state index in [0.29, 0.717) is 17.7 Å². The van der Waals surface area contributed by atoms with Crippen LogP contribution in [-0.4, -0.2) is 21.9 Å². The number of carbonyl (C=O) groups is 1. The summed E-state index contributed by atoms with van der Waals surface area (Å²) in [5.41, 5.74) is 3.10. The van der Waals surface area contributed by atoms with E-state index < -0.39 is 0 Å². The molecule has 0 saturated carbocycles. The Hall–Kier alpha value is -2.75. The number of nitrogens with zero attached hydrogens (tertiary/aromatic N) is 2. The van der Waals surface area contributed by atoms with Crippen molar-refractivity contribution in [2.75, 3.05) is 0 Å². The highest BCUT2D eigenvalue weighted by atomic mass is 16.5. The van der Waals surface area contributed by atoms with Crippen molar-refractivity contribution in [3.8, 4) is 5.75 Å². The largest absolute Gasteiger partial charge is 0.491 e. The molecule has 0 saturated heterocycles. The van der Waals surface area contributed by atoms with Crippen molar-refractivity contribution in [2.24, 2.45) is 0 Å². The highest BCUT2D eigenvalue weighted by molar-refractivity contribution is 5.99. The first-order valence-electron chi connectivity index (χ1n) is 7.62. The van der Waals surface area contributed by atoms with E-state index in [4.69, 9.17) is 4.74 Å². The number of hydrogen-bond acceptors (Lipinski definition) is 4. The van der Waals surface area contributed by atoms with Crippen LogP contribution in [0.4, 0.5) is 0 Å². The van der Waals surface area contributed by atoms with Gasteiger partial charge >= 0.3 is 0 Å². The molecule has 0 bridgehead atoms. The standard InChI is InChI=1S/C19H18N2O2/c1-13(2)23-16-7-3-5-14(11-16)18(22)12-15-6-4-8-17-19(15)21-10-9-20-17/h3-11,13H,12H2,1-2H3. The van der Waals surface area contributed by atoms with E-state index in [-0.39, 0.29) is 11.9 Å². The number of para-hydroxylation sites is 1. The van der Waals surface area contributed by atoms with Gasteiger partial charge in [-0.2, -0.15) is 0 Å². The van der Waals surface area contributed by atoms with Crippen molar-refractivity contribution in [2.45, 2.75) is 26.4 Å². The Balaban J connectivity index is 1.86. The predicted octanol–water partition coefficient (Wildman–Crippen LogP) is 3.84. The number of fused-ring (bicyclic) bond motifs is 1. The Morgan fingerprint density at radius 1 is 1.09 bits per heavy atom. The Labute approximate surface area is 135 Å². The van der Waals surface area contributed by atoms with E-state index in [9.17, 15) is 4.79 Å². The maximum atomic E-state index is 12.6. The molecule has 2 aromatic carbocycles. The monoisotopic (exact) mass is 306 g/mol. The average Bonchev–Trinajstić information content (AvgIpc) is 2.55. The van der Waals surface area contributed by atoms with Gasteiger partial charge in [-0.25, -0.2) is 0 Å². The van der Waals surface area contributed by atoms with E-state index in [1.807, 2.05) is 50.2 Å². The zero-order valence-corrected chi connectivity index (χ0v) is 13.2. The topological polar surface area (TPSA) is 52.1 Å². The van der Waals surface area contributed by atoms with E-state index in [0.717, 1.165) is 16.6 Å². The van der Waals surface area contributed by atoms with Crippen LogP contribution in [0.15, 0.2) is 54.9 Å². The second-order valence-corrected chi connectivity index (χ2v) is 5.64. The Morgan fingerprint density at radius 2 is 1.87 bits per heavy atom. The van der Waals surface area contributed by atoms with Gasteiger partial charge in [0.2, 0.25) is 0 Å². The quantitative estimate of drug-likeness (QED) is 0.672. The number of hydrogen-bond donors (Lipinski definition) is 0. The van der Waals surface area contributed by atoms with Gasteiger partial charge < -0.3 is 4.74 Å². The highest BCUT2D eigenvalue weighted by Crippen LogP contribution is 2.19. The second kappa shape index (κ2) is 6.57. The molecule has 1 aromatic heterocycles. The van der Waals surface area contributed by atoms with Crippen molar-refractivity contribution >= 4 is 16.8 Å². The van der Waals surface area contributed by atoms with Crippen LogP contribution < -0.4 is 4.74 Å². The van der Waals surface area contributed by atoms with Gasteiger partial charge in [0.05, 0.1) is 17.1 Å². The van der Waals surface area contributed by atoms with Gasteiger partial charge in [0.25, 0.3) is 0 Å². The van der Waals surface area contributed by atoms with Crippen LogP contribution in [0.3, 0.4) is 0 Å². The number of ether oxygens (including phenoxy) is 1. The van der Waals surface area contributed by atoms with Crippen LogP contribution in [-0.2, 0) is 6.42 Å². The molecule has 0 aliphatic heterocycles. The first kappa shape index (κ1) is 15.2. The van der Waals surface area contributed by atoms with Gasteiger partial charge in [-0.3, -0.25) is 14.8 Å². The molecular weight excluding hydrogens is 288 g/mol. The van der Waals surface area contributed by atoms with Crippen molar-refractivity contribution in [3.63, 3.8) is 0 Å². The zero-order valence-electron chi connectivity index (χ0n) is 13.2. The lowest BCUT2D eigenvalue weighted by Gasteiger charge is -2.10. The summed E-state index contributed by atoms with van der Waals surface area (Å²) in [5, 5.41) is 0. The maximum Gasteiger partial charge on any atom is 0.167 e. The lowest BCUT2D eigenvalue weighted by atomic mass is 10.0. The van der Waals surface area contributed by atoms with E-state index in [2.05, 4.69) is 9.97 Å². The summed E-state index contributed by atoms with van der Waals surface area (Å²) in [6.07, 6.45) is 3.67. The normalized spacial score (nSPS) is 10.9. The summed E-state index contributed by atoms with van der Waals surface area (Å²) in [5.74, 6) is 0.751. The van der Waals surface area contributed by atoms with Crippen LogP contribution in [0.25, 0.3) is 11.0 Å². The summed E-state index contributed by atoms with van der Waals surface area (Å²) >= 11 is 0. The molecule has 4 heteroatoms. The summed E-state index contributed by atoms with van der Waals surface area (Å²) < 4.78 is 5.65. The lowest BCUT2D eigenvalue weighted by molar-refractivity contribution is 0.0992. The van der Waals surface area contributed by atoms with E-state index in [1.54, 1.807) is 18.5 Å². The SMILES string of the molecule is CC(C)Oc1cccc(C(=O)Cc2cccc3nccnc23)c1. The number of carbonyl (C=O) groups excluding carboxylic acids is 1. The van der Waals surface area contributed by atoms with Crippen LogP contribution in [0.1, 0.15) is 29.8 Å². The first-order valence-corrected chi connectivity index (χ1v) is 7.62. The van der Waals surface area contributed by atoms with Crippen molar-refractivity contribution in [1.82, 2.24) is 9.97 Å². The molecule has 0 fully saturated rings. The van der Waals surface area contributed by atoms with Gasteiger partial charge in [-0.1, -0.05) is 24.3 Å². The van der Waals surface area contributed by atoms with Crippen molar-refractivity contribution < 1.29 is 9.53 Å². The van der Waals surface area contributed by atoms with Crippen LogP contribution >= 0.6 is 0 Å². The fraction of sp³-hybridized carbons (Fsp3) is 0.211. The van der Waals surface area contributed by atoms with Gasteiger partial charge in [0.15, 0.2) is 5.78 Å². The van der Waals surface area contributed by atoms with Gasteiger partial charge in [-0.15, -0.1) is 0 Å². The minimum absolute atomic E-state index is 0.0392. The summed E-state index contributed by atoms with van der Waals surface area (Å²) in [6, 6.07) is 13.0. The molecule has 0 unspecified atom stereocenters. The fourth-order valence-corrected chi connectivity index (χ4v) is 2.49. The number of benzene rings is 2. The van der Waals surface area contributed by atoms with Gasteiger partial charge in [0.1, 0.15) is 5.75 Å². The summed E-state index contributed by atoms with van der Waals surface area (Å²) in [7, 11) is 0. The minimum Gasteiger partial charge on any atom is -0.491 e. The second-order valence-electron chi connectivity index (χ2n) is 5.64. The number of aromatic nitrogens is 2. The van der Waals surface area contributed by atoms with Crippen molar-refractivity contribution in [1.29, 1.82) is 0 Å². The minimum atomic E-state index is 0.0392. The molecule has 3 aromatic rings.